The summed E-state index contributed by atoms with van der Waals surface area (Å²) in [6.45, 7) is 7.13. The van der Waals surface area contributed by atoms with E-state index in [2.05, 4.69) is 22.9 Å². The van der Waals surface area contributed by atoms with E-state index >= 15 is 0 Å². The Morgan fingerprint density at radius 3 is 2.59 bits per heavy atom. The number of amides is 4. The van der Waals surface area contributed by atoms with Crippen LogP contribution in [0.1, 0.15) is 31.4 Å². The number of aryl methyl sites for hydroxylation is 1. The molecule has 8 heteroatoms. The molecule has 3 N–H and O–H groups in total. The Bertz CT molecular complexity index is 724. The summed E-state index contributed by atoms with van der Waals surface area (Å²) in [5, 5.41) is 8.97. The maximum absolute atomic E-state index is 12.9. The van der Waals surface area contributed by atoms with Gasteiger partial charge in [0.05, 0.1) is 0 Å². The van der Waals surface area contributed by atoms with Crippen molar-refractivity contribution in [3.63, 3.8) is 0 Å². The van der Waals surface area contributed by atoms with Crippen molar-refractivity contribution in [2.45, 2.75) is 38.8 Å². The van der Waals surface area contributed by atoms with Crippen molar-refractivity contribution in [3.8, 4) is 0 Å². The number of hydrogen-bond donors (Lipinski definition) is 3. The molecule has 3 atom stereocenters. The maximum atomic E-state index is 12.9. The van der Waals surface area contributed by atoms with Crippen LogP contribution in [0.25, 0.3) is 0 Å². The van der Waals surface area contributed by atoms with Gasteiger partial charge in [0.25, 0.3) is 5.91 Å². The quantitative estimate of drug-likeness (QED) is 0.671. The lowest BCUT2D eigenvalue weighted by Gasteiger charge is -2.30. The second-order valence-corrected chi connectivity index (χ2v) is 7.46. The van der Waals surface area contributed by atoms with Crippen molar-refractivity contribution < 1.29 is 14.4 Å². The van der Waals surface area contributed by atoms with Gasteiger partial charge in [-0.2, -0.15) is 0 Å². The highest BCUT2D eigenvalue weighted by molar-refractivity contribution is 6.09. The van der Waals surface area contributed by atoms with Crippen LogP contribution >= 0.6 is 12.4 Å². The molecule has 0 aliphatic carbocycles. The summed E-state index contributed by atoms with van der Waals surface area (Å²) >= 11 is 0. The summed E-state index contributed by atoms with van der Waals surface area (Å²) in [7, 11) is 0. The Balaban J connectivity index is 0.00000261. The summed E-state index contributed by atoms with van der Waals surface area (Å²) in [4.78, 5) is 38.6. The highest BCUT2D eigenvalue weighted by Gasteiger charge is 2.49. The normalized spacial score (nSPS) is 27.7. The summed E-state index contributed by atoms with van der Waals surface area (Å²) in [5.41, 5.74) is 0.630. The van der Waals surface area contributed by atoms with E-state index in [1.807, 2.05) is 31.2 Å². The summed E-state index contributed by atoms with van der Waals surface area (Å²) < 4.78 is 0. The van der Waals surface area contributed by atoms with Crippen molar-refractivity contribution in [1.29, 1.82) is 0 Å². The van der Waals surface area contributed by atoms with E-state index in [1.165, 1.54) is 0 Å². The van der Waals surface area contributed by atoms with Gasteiger partial charge in [-0.3, -0.25) is 14.5 Å². The van der Waals surface area contributed by atoms with Crippen LogP contribution in [-0.2, 0) is 15.1 Å². The maximum Gasteiger partial charge on any atom is 0.325 e. The molecular formula is C19H27ClN4O3. The lowest BCUT2D eigenvalue weighted by Crippen LogP contribution is -2.51. The second kappa shape index (κ2) is 8.27. The molecule has 3 unspecified atom stereocenters. The second-order valence-electron chi connectivity index (χ2n) is 7.46. The van der Waals surface area contributed by atoms with Crippen LogP contribution < -0.4 is 16.0 Å². The first-order valence-corrected chi connectivity index (χ1v) is 9.02. The fourth-order valence-electron chi connectivity index (χ4n) is 3.55. The standard InChI is InChI=1S/C19H26N4O3.ClH/c1-12-4-6-14(7-5-12)19(3)17(25)23(18(26)22-19)11-16(24)21-15-8-9-20-10-13(15)2;/h4-7,13,15,20H,8-11H2,1-3H3,(H,21,24)(H,22,26);1H. The number of nitrogens with one attached hydrogen (secondary N) is 3. The molecule has 2 heterocycles. The Morgan fingerprint density at radius 2 is 1.96 bits per heavy atom. The Labute approximate surface area is 165 Å². The molecular weight excluding hydrogens is 368 g/mol. The molecule has 2 aliphatic rings. The van der Waals surface area contributed by atoms with E-state index in [0.29, 0.717) is 11.5 Å². The average Bonchev–Trinajstić information content (AvgIpc) is 2.82. The summed E-state index contributed by atoms with van der Waals surface area (Å²) in [6.07, 6.45) is 0.841. The highest BCUT2D eigenvalue weighted by atomic mass is 35.5. The molecule has 2 aliphatic heterocycles. The van der Waals surface area contributed by atoms with Crippen LogP contribution in [0.5, 0.6) is 0 Å². The van der Waals surface area contributed by atoms with Crippen molar-refractivity contribution in [3.05, 3.63) is 35.4 Å². The first kappa shape index (κ1) is 21.2. The van der Waals surface area contributed by atoms with E-state index in [9.17, 15) is 14.4 Å². The number of nitrogens with zero attached hydrogens (tertiary/aromatic N) is 1. The lowest BCUT2D eigenvalue weighted by atomic mass is 9.91. The molecule has 7 nitrogen and oxygen atoms in total. The van der Waals surface area contributed by atoms with Gasteiger partial charge in [0.2, 0.25) is 5.91 Å². The fraction of sp³-hybridized carbons (Fsp3) is 0.526. The molecule has 2 saturated heterocycles. The minimum absolute atomic E-state index is 0. The van der Waals surface area contributed by atoms with Gasteiger partial charge in [-0.15, -0.1) is 12.4 Å². The van der Waals surface area contributed by atoms with Crippen LogP contribution in [0, 0.1) is 12.8 Å². The summed E-state index contributed by atoms with van der Waals surface area (Å²) in [6, 6.07) is 6.98. The van der Waals surface area contributed by atoms with Gasteiger partial charge in [-0.25, -0.2) is 4.79 Å². The van der Waals surface area contributed by atoms with E-state index < -0.39 is 17.5 Å². The fourth-order valence-corrected chi connectivity index (χ4v) is 3.55. The number of urea groups is 1. The molecule has 148 valence electrons. The highest BCUT2D eigenvalue weighted by Crippen LogP contribution is 2.28. The zero-order valence-corrected chi connectivity index (χ0v) is 16.7. The third kappa shape index (κ3) is 4.25. The molecule has 3 rings (SSSR count). The van der Waals surface area contributed by atoms with Gasteiger partial charge in [-0.1, -0.05) is 36.8 Å². The van der Waals surface area contributed by atoms with Crippen LogP contribution in [-0.4, -0.2) is 48.4 Å². The molecule has 1 aromatic rings. The third-order valence-electron chi connectivity index (χ3n) is 5.34. The third-order valence-corrected chi connectivity index (χ3v) is 5.34. The largest absolute Gasteiger partial charge is 0.351 e. The number of carbonyl (C=O) groups is 3. The Kier molecular flexibility index (Phi) is 6.49. The van der Waals surface area contributed by atoms with Gasteiger partial charge in [-0.05, 0) is 44.8 Å². The van der Waals surface area contributed by atoms with Crippen LogP contribution in [0.3, 0.4) is 0 Å². The number of rotatable bonds is 4. The molecule has 0 saturated carbocycles. The molecule has 0 radical (unpaired) electrons. The van der Waals surface area contributed by atoms with Crippen LogP contribution in [0.4, 0.5) is 4.79 Å². The van der Waals surface area contributed by atoms with Gasteiger partial charge in [0.1, 0.15) is 12.1 Å². The number of carbonyl (C=O) groups excluding carboxylic acids is 3. The van der Waals surface area contributed by atoms with Crippen molar-refractivity contribution >= 4 is 30.3 Å². The van der Waals surface area contributed by atoms with Gasteiger partial charge in [0.15, 0.2) is 0 Å². The minimum atomic E-state index is -1.15. The topological polar surface area (TPSA) is 90.5 Å². The smallest absolute Gasteiger partial charge is 0.325 e. The SMILES string of the molecule is Cc1ccc(C2(C)NC(=O)N(CC(=O)NC3CCNCC3C)C2=O)cc1.Cl. The predicted octanol–water partition coefficient (Wildman–Crippen LogP) is 1.30. The molecule has 4 amide bonds. The van der Waals surface area contributed by atoms with Crippen molar-refractivity contribution in [1.82, 2.24) is 20.9 Å². The number of hydrogen-bond acceptors (Lipinski definition) is 4. The number of piperidine rings is 1. The van der Waals surface area contributed by atoms with Crippen LogP contribution in [0.15, 0.2) is 24.3 Å². The molecule has 27 heavy (non-hydrogen) atoms. The average molecular weight is 395 g/mol. The summed E-state index contributed by atoms with van der Waals surface area (Å²) in [5.74, 6) is -0.395. The van der Waals surface area contributed by atoms with Gasteiger partial charge >= 0.3 is 6.03 Å². The van der Waals surface area contributed by atoms with Gasteiger partial charge in [0, 0.05) is 6.04 Å². The molecule has 0 spiro atoms. The molecule has 0 aromatic heterocycles. The monoisotopic (exact) mass is 394 g/mol. The number of imide groups is 1. The molecule has 0 bridgehead atoms. The number of benzene rings is 1. The molecule has 2 fully saturated rings. The number of halogens is 1. The molecule has 1 aromatic carbocycles. The van der Waals surface area contributed by atoms with E-state index in [4.69, 9.17) is 0 Å². The predicted molar refractivity (Wildman–Crippen MR) is 105 cm³/mol. The van der Waals surface area contributed by atoms with Gasteiger partial charge < -0.3 is 16.0 Å². The Morgan fingerprint density at radius 1 is 1.30 bits per heavy atom. The van der Waals surface area contributed by atoms with E-state index in [-0.39, 0.29) is 30.9 Å². The van der Waals surface area contributed by atoms with Crippen molar-refractivity contribution in [2.24, 2.45) is 5.92 Å². The van der Waals surface area contributed by atoms with E-state index in [1.54, 1.807) is 6.92 Å². The Hall–Kier alpha value is -2.12. The van der Waals surface area contributed by atoms with Crippen molar-refractivity contribution in [2.75, 3.05) is 19.6 Å². The zero-order valence-electron chi connectivity index (χ0n) is 15.9. The van der Waals surface area contributed by atoms with E-state index in [0.717, 1.165) is 30.0 Å². The minimum Gasteiger partial charge on any atom is -0.351 e. The first-order chi connectivity index (χ1) is 12.3. The lowest BCUT2D eigenvalue weighted by molar-refractivity contribution is -0.135. The first-order valence-electron chi connectivity index (χ1n) is 9.02. The van der Waals surface area contributed by atoms with Crippen LogP contribution in [0.2, 0.25) is 0 Å². The zero-order chi connectivity index (χ0) is 18.9.